The van der Waals surface area contributed by atoms with E-state index in [9.17, 15) is 14.4 Å². The van der Waals surface area contributed by atoms with Gasteiger partial charge in [-0.3, -0.25) is 19.8 Å². The molecule has 0 aliphatic carbocycles. The fourth-order valence-electron chi connectivity index (χ4n) is 4.32. The fraction of sp³-hybridized carbons (Fsp3) is 0.625. The summed E-state index contributed by atoms with van der Waals surface area (Å²) >= 11 is 3.86. The first-order valence-electron chi connectivity index (χ1n) is 11.2. The highest BCUT2D eigenvalue weighted by atomic mass is 32.2. The van der Waals surface area contributed by atoms with Crippen molar-refractivity contribution in [1.29, 1.82) is 0 Å². The van der Waals surface area contributed by atoms with Gasteiger partial charge in [-0.05, 0) is 83.6 Å². The Kier molecular flexibility index (Phi) is 9.70. The number of nitrogens with zero attached hydrogens (tertiary/aromatic N) is 1. The second-order valence-electron chi connectivity index (χ2n) is 10.0. The quantitative estimate of drug-likeness (QED) is 0.388. The van der Waals surface area contributed by atoms with Crippen LogP contribution in [0.25, 0.3) is 0 Å². The normalized spacial score (nSPS) is 16.3. The summed E-state index contributed by atoms with van der Waals surface area (Å²) in [6.45, 7) is 11.8. The topological polar surface area (TPSA) is 95.9 Å². The second kappa shape index (κ2) is 11.6. The summed E-state index contributed by atoms with van der Waals surface area (Å²) in [5.41, 5.74) is 0.335. The van der Waals surface area contributed by atoms with Crippen molar-refractivity contribution >= 4 is 41.5 Å². The van der Waals surface area contributed by atoms with Crippen LogP contribution in [0.2, 0.25) is 0 Å². The summed E-state index contributed by atoms with van der Waals surface area (Å²) in [7, 11) is 0. The molecule has 1 aliphatic rings. The van der Waals surface area contributed by atoms with Gasteiger partial charge >= 0.3 is 12.1 Å². The molecule has 1 atom stereocenters. The van der Waals surface area contributed by atoms with E-state index in [1.165, 1.54) is 12.0 Å². The molecule has 7 nitrogen and oxygen atoms in total. The molecule has 1 fully saturated rings. The van der Waals surface area contributed by atoms with Gasteiger partial charge in [0.1, 0.15) is 5.75 Å². The molecule has 2 amide bonds. The number of ether oxygens (including phenoxy) is 1. The Morgan fingerprint density at radius 1 is 1.06 bits per heavy atom. The van der Waals surface area contributed by atoms with Gasteiger partial charge < -0.3 is 9.84 Å². The van der Waals surface area contributed by atoms with Gasteiger partial charge in [0.05, 0.1) is 10.6 Å². The number of benzene rings is 1. The summed E-state index contributed by atoms with van der Waals surface area (Å²) in [6.07, 6.45) is -0.0599. The van der Waals surface area contributed by atoms with E-state index in [2.05, 4.69) is 0 Å². The number of amides is 2. The van der Waals surface area contributed by atoms with Crippen LogP contribution in [0, 0.1) is 0 Å². The van der Waals surface area contributed by atoms with Crippen LogP contribution >= 0.6 is 23.5 Å². The number of thioether (sulfide) groups is 2. The maximum atomic E-state index is 12.8. The first kappa shape index (κ1) is 27.5. The van der Waals surface area contributed by atoms with Crippen LogP contribution in [0.4, 0.5) is 4.79 Å². The Labute approximate surface area is 205 Å². The van der Waals surface area contributed by atoms with Crippen LogP contribution in [0.3, 0.4) is 0 Å². The van der Waals surface area contributed by atoms with Crippen molar-refractivity contribution in [2.24, 2.45) is 0 Å². The van der Waals surface area contributed by atoms with E-state index in [0.29, 0.717) is 10.3 Å². The smallest absolute Gasteiger partial charge is 0.411 e. The third kappa shape index (κ3) is 8.54. The minimum Gasteiger partial charge on any atom is -0.465 e. The van der Waals surface area contributed by atoms with Crippen LogP contribution in [0.1, 0.15) is 71.0 Å². The predicted molar refractivity (Wildman–Crippen MR) is 135 cm³/mol. The maximum Gasteiger partial charge on any atom is 0.411 e. The molecule has 0 radical (unpaired) electrons. The zero-order valence-corrected chi connectivity index (χ0v) is 22.0. The molecule has 1 heterocycles. The van der Waals surface area contributed by atoms with Gasteiger partial charge in [-0.1, -0.05) is 12.1 Å². The molecule has 1 aromatic carbocycles. The first-order valence-corrected chi connectivity index (χ1v) is 13.3. The average molecular weight is 497 g/mol. The SMILES string of the molecule is CC(C)(C)N([C@@H](CCC(=O)Oc1ccc(C2SCCCS2)cc1)C(=O)NC(=O)O)C(C)(C)C. The zero-order valence-electron chi connectivity index (χ0n) is 20.3. The number of esters is 1. The van der Waals surface area contributed by atoms with Crippen molar-refractivity contribution in [3.63, 3.8) is 0 Å². The third-order valence-corrected chi connectivity index (χ3v) is 8.14. The number of imide groups is 1. The number of carbonyl (C=O) groups is 3. The molecule has 0 saturated carbocycles. The molecule has 1 saturated heterocycles. The van der Waals surface area contributed by atoms with Crippen LogP contribution < -0.4 is 10.1 Å². The summed E-state index contributed by atoms with van der Waals surface area (Å²) < 4.78 is 5.91. The van der Waals surface area contributed by atoms with Crippen molar-refractivity contribution in [1.82, 2.24) is 10.2 Å². The molecule has 0 bridgehead atoms. The summed E-state index contributed by atoms with van der Waals surface area (Å²) in [5, 5.41) is 11.0. The lowest BCUT2D eigenvalue weighted by Gasteiger charge is -2.49. The van der Waals surface area contributed by atoms with Gasteiger partial charge in [-0.25, -0.2) is 4.79 Å². The number of nitrogens with one attached hydrogen (secondary N) is 1. The molecule has 9 heteroatoms. The maximum absolute atomic E-state index is 12.8. The van der Waals surface area contributed by atoms with E-state index >= 15 is 0 Å². The predicted octanol–water partition coefficient (Wildman–Crippen LogP) is 5.30. The molecule has 2 N–H and O–H groups in total. The van der Waals surface area contributed by atoms with Crippen LogP contribution in [-0.2, 0) is 9.59 Å². The van der Waals surface area contributed by atoms with E-state index in [1.54, 1.807) is 12.1 Å². The summed E-state index contributed by atoms with van der Waals surface area (Å²) in [4.78, 5) is 38.4. The van der Waals surface area contributed by atoms with Crippen molar-refractivity contribution in [3.05, 3.63) is 29.8 Å². The first-order chi connectivity index (χ1) is 15.3. The van der Waals surface area contributed by atoms with Crippen LogP contribution in [0.15, 0.2) is 24.3 Å². The average Bonchev–Trinajstić information content (AvgIpc) is 2.69. The number of hydrogen-bond acceptors (Lipinski definition) is 7. The lowest BCUT2D eigenvalue weighted by molar-refractivity contribution is -0.137. The monoisotopic (exact) mass is 496 g/mol. The highest BCUT2D eigenvalue weighted by molar-refractivity contribution is 8.16. The molecular weight excluding hydrogens is 460 g/mol. The van der Waals surface area contributed by atoms with E-state index in [0.717, 1.165) is 11.5 Å². The van der Waals surface area contributed by atoms with Gasteiger partial charge in [-0.2, -0.15) is 0 Å². The lowest BCUT2D eigenvalue weighted by Crippen LogP contribution is -2.62. The van der Waals surface area contributed by atoms with Gasteiger partial charge in [0.15, 0.2) is 0 Å². The molecule has 1 aliphatic heterocycles. The van der Waals surface area contributed by atoms with Crippen molar-refractivity contribution < 1.29 is 24.2 Å². The van der Waals surface area contributed by atoms with Crippen molar-refractivity contribution in [2.75, 3.05) is 11.5 Å². The molecular formula is C24H36N2O5S2. The number of carboxylic acid groups (broad SMARTS) is 1. The fourth-order valence-corrected chi connectivity index (χ4v) is 7.21. The van der Waals surface area contributed by atoms with Crippen molar-refractivity contribution in [3.8, 4) is 5.75 Å². The Bertz CT molecular complexity index is 811. The number of hydrogen-bond donors (Lipinski definition) is 2. The Hall–Kier alpha value is -1.71. The van der Waals surface area contributed by atoms with Gasteiger partial charge in [0, 0.05) is 17.5 Å². The minimum atomic E-state index is -1.41. The summed E-state index contributed by atoms with van der Waals surface area (Å²) in [5.74, 6) is 1.67. The zero-order chi connectivity index (χ0) is 24.8. The summed E-state index contributed by atoms with van der Waals surface area (Å²) in [6, 6.07) is 6.77. The van der Waals surface area contributed by atoms with Crippen LogP contribution in [-0.4, -0.2) is 56.6 Å². The minimum absolute atomic E-state index is 0.0174. The van der Waals surface area contributed by atoms with Gasteiger partial charge in [0.2, 0.25) is 5.91 Å². The van der Waals surface area contributed by atoms with E-state index in [1.807, 2.05) is 87.4 Å². The number of rotatable bonds is 7. The molecule has 184 valence electrons. The highest BCUT2D eigenvalue weighted by Crippen LogP contribution is 2.43. The van der Waals surface area contributed by atoms with Gasteiger partial charge in [-0.15, -0.1) is 23.5 Å². The van der Waals surface area contributed by atoms with E-state index in [4.69, 9.17) is 9.84 Å². The molecule has 0 unspecified atom stereocenters. The lowest BCUT2D eigenvalue weighted by atomic mass is 9.91. The molecule has 2 rings (SSSR count). The van der Waals surface area contributed by atoms with Crippen molar-refractivity contribution in [2.45, 2.75) is 82.5 Å². The third-order valence-electron chi connectivity index (χ3n) is 5.12. The molecule has 1 aromatic rings. The van der Waals surface area contributed by atoms with E-state index < -0.39 is 35.1 Å². The Balaban J connectivity index is 2.07. The van der Waals surface area contributed by atoms with Crippen LogP contribution in [0.5, 0.6) is 5.75 Å². The standard InChI is InChI=1S/C24H36N2O5S2/c1-23(2,3)26(24(4,5)6)18(20(28)25-22(29)30)12-13-19(27)31-17-10-8-16(9-11-17)21-32-14-7-15-33-21/h8-11,18,21H,7,12-15H2,1-6H3,(H,25,28)(H,29,30)/t18-/m0/s1. The largest absolute Gasteiger partial charge is 0.465 e. The van der Waals surface area contributed by atoms with Gasteiger partial charge in [0.25, 0.3) is 0 Å². The number of carbonyl (C=O) groups excluding carboxylic acids is 2. The Morgan fingerprint density at radius 2 is 1.61 bits per heavy atom. The molecule has 33 heavy (non-hydrogen) atoms. The second-order valence-corrected chi connectivity index (χ2v) is 12.8. The highest BCUT2D eigenvalue weighted by Gasteiger charge is 2.41. The van der Waals surface area contributed by atoms with E-state index in [-0.39, 0.29) is 12.8 Å². The Morgan fingerprint density at radius 3 is 2.09 bits per heavy atom. The molecule has 0 spiro atoms. The molecule has 0 aromatic heterocycles.